The molecular formula is C21H25N3O3S2. The lowest BCUT2D eigenvalue weighted by Gasteiger charge is -2.08. The summed E-state index contributed by atoms with van der Waals surface area (Å²) < 4.78 is 5.16. The van der Waals surface area contributed by atoms with E-state index in [2.05, 4.69) is 29.1 Å². The topological polar surface area (TPSA) is 84.1 Å². The maximum Gasteiger partial charge on any atom is 0.260 e. The molecule has 1 amide bonds. The van der Waals surface area contributed by atoms with Crippen LogP contribution in [0.15, 0.2) is 34.2 Å². The number of aromatic nitrogens is 2. The number of anilines is 1. The van der Waals surface area contributed by atoms with Crippen LogP contribution in [0.4, 0.5) is 5.69 Å². The lowest BCUT2D eigenvalue weighted by atomic mass is 9.98. The number of thioether (sulfide) groups is 1. The van der Waals surface area contributed by atoms with Gasteiger partial charge in [-0.1, -0.05) is 38.1 Å². The molecule has 1 aromatic carbocycles. The molecule has 6 nitrogen and oxygen atoms in total. The first kappa shape index (κ1) is 21.4. The summed E-state index contributed by atoms with van der Waals surface area (Å²) in [7, 11) is 1.58. The highest BCUT2D eigenvalue weighted by Crippen LogP contribution is 2.30. The van der Waals surface area contributed by atoms with Crippen molar-refractivity contribution in [2.45, 2.75) is 38.8 Å². The molecule has 3 rings (SSSR count). The standard InChI is InChI=1S/C21H25N3O3S2/c1-5-12(2)9-16-13(3)29-20-18(16)19(26)23-21(24-20)28-11-17(25)22-14-7-6-8-15(10-14)27-4/h6-8,10,12H,5,9,11H2,1-4H3,(H,22,25)(H,23,24,26). The van der Waals surface area contributed by atoms with Crippen LogP contribution >= 0.6 is 23.1 Å². The molecule has 2 heterocycles. The van der Waals surface area contributed by atoms with Crippen LogP contribution in [0.5, 0.6) is 5.75 Å². The molecule has 3 aromatic rings. The number of hydrogen-bond acceptors (Lipinski definition) is 6. The van der Waals surface area contributed by atoms with E-state index in [-0.39, 0.29) is 17.2 Å². The van der Waals surface area contributed by atoms with Gasteiger partial charge in [-0.05, 0) is 37.0 Å². The predicted octanol–water partition coefficient (Wildman–Crippen LogP) is 4.62. The quantitative estimate of drug-likeness (QED) is 0.402. The molecule has 0 fully saturated rings. The normalized spacial score (nSPS) is 12.1. The number of hydrogen-bond donors (Lipinski definition) is 2. The number of nitrogens with one attached hydrogen (secondary N) is 2. The number of benzene rings is 1. The zero-order valence-corrected chi connectivity index (χ0v) is 18.6. The third-order valence-corrected chi connectivity index (χ3v) is 6.70. The van der Waals surface area contributed by atoms with E-state index in [0.29, 0.717) is 27.9 Å². The first-order valence-electron chi connectivity index (χ1n) is 9.50. The molecule has 0 radical (unpaired) electrons. The predicted molar refractivity (Wildman–Crippen MR) is 120 cm³/mol. The summed E-state index contributed by atoms with van der Waals surface area (Å²) in [5, 5.41) is 3.97. The average molecular weight is 432 g/mol. The SMILES string of the molecule is CCC(C)Cc1c(C)sc2nc(SCC(=O)Nc3cccc(OC)c3)[nH]c(=O)c12. The Morgan fingerprint density at radius 3 is 2.93 bits per heavy atom. The molecule has 29 heavy (non-hydrogen) atoms. The molecule has 0 aliphatic rings. The Morgan fingerprint density at radius 1 is 1.41 bits per heavy atom. The van der Waals surface area contributed by atoms with E-state index in [1.807, 2.05) is 19.1 Å². The van der Waals surface area contributed by atoms with Crippen LogP contribution in [-0.2, 0) is 11.2 Å². The molecule has 2 N–H and O–H groups in total. The number of H-pyrrole nitrogens is 1. The molecule has 0 bridgehead atoms. The van der Waals surface area contributed by atoms with E-state index < -0.39 is 0 Å². The van der Waals surface area contributed by atoms with Crippen LogP contribution < -0.4 is 15.6 Å². The fourth-order valence-corrected chi connectivity index (χ4v) is 4.77. The fraction of sp³-hybridized carbons (Fsp3) is 0.381. The lowest BCUT2D eigenvalue weighted by Crippen LogP contribution is -2.15. The number of methoxy groups -OCH3 is 1. The summed E-state index contributed by atoms with van der Waals surface area (Å²) in [5.41, 5.74) is 1.63. The number of thiophene rings is 1. The number of carbonyl (C=O) groups is 1. The summed E-state index contributed by atoms with van der Waals surface area (Å²) in [6.07, 6.45) is 1.95. The molecule has 0 saturated heterocycles. The van der Waals surface area contributed by atoms with Gasteiger partial charge in [0.2, 0.25) is 5.91 Å². The van der Waals surface area contributed by atoms with Gasteiger partial charge in [-0.3, -0.25) is 9.59 Å². The zero-order valence-electron chi connectivity index (χ0n) is 17.0. The summed E-state index contributed by atoms with van der Waals surface area (Å²) >= 11 is 2.76. The number of rotatable bonds is 8. The summed E-state index contributed by atoms with van der Waals surface area (Å²) in [6, 6.07) is 7.17. The van der Waals surface area contributed by atoms with E-state index >= 15 is 0 Å². The highest BCUT2D eigenvalue weighted by molar-refractivity contribution is 7.99. The van der Waals surface area contributed by atoms with Crippen molar-refractivity contribution >= 4 is 44.9 Å². The van der Waals surface area contributed by atoms with Crippen molar-refractivity contribution in [3.8, 4) is 5.75 Å². The highest BCUT2D eigenvalue weighted by Gasteiger charge is 2.17. The molecule has 1 unspecified atom stereocenters. The molecule has 2 aromatic heterocycles. The molecule has 0 saturated carbocycles. The number of nitrogens with zero attached hydrogens (tertiary/aromatic N) is 1. The lowest BCUT2D eigenvalue weighted by molar-refractivity contribution is -0.113. The van der Waals surface area contributed by atoms with Crippen molar-refractivity contribution in [3.05, 3.63) is 45.1 Å². The molecule has 8 heteroatoms. The van der Waals surface area contributed by atoms with Crippen LogP contribution in [0.25, 0.3) is 10.2 Å². The first-order chi connectivity index (χ1) is 13.9. The second kappa shape index (κ2) is 9.45. The first-order valence-corrected chi connectivity index (χ1v) is 11.3. The minimum Gasteiger partial charge on any atom is -0.497 e. The Kier molecular flexibility index (Phi) is 6.97. The molecule has 0 aliphatic heterocycles. The van der Waals surface area contributed by atoms with Gasteiger partial charge in [0.25, 0.3) is 5.56 Å². The summed E-state index contributed by atoms with van der Waals surface area (Å²) in [5.74, 6) is 1.16. The smallest absolute Gasteiger partial charge is 0.260 e. The molecule has 0 spiro atoms. The van der Waals surface area contributed by atoms with E-state index in [9.17, 15) is 9.59 Å². The van der Waals surface area contributed by atoms with Crippen molar-refractivity contribution in [1.82, 2.24) is 9.97 Å². The molecule has 1 atom stereocenters. The van der Waals surface area contributed by atoms with Crippen molar-refractivity contribution in [1.29, 1.82) is 0 Å². The molecule has 154 valence electrons. The van der Waals surface area contributed by atoms with Crippen LogP contribution in [0, 0.1) is 12.8 Å². The monoisotopic (exact) mass is 431 g/mol. The van der Waals surface area contributed by atoms with Gasteiger partial charge in [-0.2, -0.15) is 0 Å². The van der Waals surface area contributed by atoms with Crippen molar-refractivity contribution < 1.29 is 9.53 Å². The minimum atomic E-state index is -0.175. The van der Waals surface area contributed by atoms with Gasteiger partial charge in [-0.15, -0.1) is 11.3 Å². The van der Waals surface area contributed by atoms with Crippen LogP contribution in [0.2, 0.25) is 0 Å². The third kappa shape index (κ3) is 5.19. The van der Waals surface area contributed by atoms with Gasteiger partial charge < -0.3 is 15.0 Å². The number of aromatic amines is 1. The number of aryl methyl sites for hydroxylation is 1. The second-order valence-electron chi connectivity index (χ2n) is 6.97. The number of fused-ring (bicyclic) bond motifs is 1. The molecule has 0 aliphatic carbocycles. The van der Waals surface area contributed by atoms with Gasteiger partial charge in [0.05, 0.1) is 18.2 Å². The van der Waals surface area contributed by atoms with E-state index in [1.54, 1.807) is 30.6 Å². The van der Waals surface area contributed by atoms with E-state index in [1.165, 1.54) is 11.8 Å². The number of carbonyl (C=O) groups excluding carboxylic acids is 1. The molecular weight excluding hydrogens is 406 g/mol. The van der Waals surface area contributed by atoms with Crippen molar-refractivity contribution in [3.63, 3.8) is 0 Å². The van der Waals surface area contributed by atoms with Crippen molar-refractivity contribution in [2.24, 2.45) is 5.92 Å². The van der Waals surface area contributed by atoms with Gasteiger partial charge in [-0.25, -0.2) is 4.98 Å². The van der Waals surface area contributed by atoms with E-state index in [0.717, 1.165) is 28.1 Å². The summed E-state index contributed by atoms with van der Waals surface area (Å²) in [6.45, 7) is 6.38. The number of amides is 1. The van der Waals surface area contributed by atoms with E-state index in [4.69, 9.17) is 4.74 Å². The van der Waals surface area contributed by atoms with Crippen LogP contribution in [0.3, 0.4) is 0 Å². The minimum absolute atomic E-state index is 0.131. The maximum atomic E-state index is 12.7. The van der Waals surface area contributed by atoms with Crippen LogP contribution in [-0.4, -0.2) is 28.7 Å². The Balaban J connectivity index is 1.72. The summed E-state index contributed by atoms with van der Waals surface area (Å²) in [4.78, 5) is 34.2. The highest BCUT2D eigenvalue weighted by atomic mass is 32.2. The van der Waals surface area contributed by atoms with Gasteiger partial charge in [0.15, 0.2) is 5.16 Å². The Hall–Kier alpha value is -2.32. The largest absolute Gasteiger partial charge is 0.497 e. The Bertz CT molecular complexity index is 1070. The maximum absolute atomic E-state index is 12.7. The van der Waals surface area contributed by atoms with Gasteiger partial charge >= 0.3 is 0 Å². The third-order valence-electron chi connectivity index (χ3n) is 4.78. The van der Waals surface area contributed by atoms with Gasteiger partial charge in [0.1, 0.15) is 10.6 Å². The number of ether oxygens (including phenoxy) is 1. The average Bonchev–Trinajstić information content (AvgIpc) is 3.01. The van der Waals surface area contributed by atoms with Gasteiger partial charge in [0, 0.05) is 16.6 Å². The Morgan fingerprint density at radius 2 is 2.21 bits per heavy atom. The fourth-order valence-electron chi connectivity index (χ4n) is 2.99. The second-order valence-corrected chi connectivity index (χ2v) is 9.14. The van der Waals surface area contributed by atoms with Crippen LogP contribution in [0.1, 0.15) is 30.7 Å². The van der Waals surface area contributed by atoms with Crippen molar-refractivity contribution in [2.75, 3.05) is 18.2 Å². The zero-order chi connectivity index (χ0) is 21.0. The Labute approximate surface area is 178 Å².